The Labute approximate surface area is 198 Å². The van der Waals surface area contributed by atoms with Gasteiger partial charge in [-0.25, -0.2) is 9.18 Å². The van der Waals surface area contributed by atoms with Crippen LogP contribution in [-0.2, 0) is 15.9 Å². The number of hydrogen-bond donors (Lipinski definition) is 0. The lowest BCUT2D eigenvalue weighted by atomic mass is 9.89. The number of methoxy groups -OCH3 is 2. The van der Waals surface area contributed by atoms with Crippen LogP contribution in [0.5, 0.6) is 0 Å². The van der Waals surface area contributed by atoms with Crippen LogP contribution in [0.15, 0.2) is 71.3 Å². The van der Waals surface area contributed by atoms with Gasteiger partial charge in [-0.15, -0.1) is 0 Å². The van der Waals surface area contributed by atoms with Crippen molar-refractivity contribution >= 4 is 5.97 Å². The Morgan fingerprint density at radius 1 is 0.971 bits per heavy atom. The standard InChI is InChI=1S/C28H26FNO4/c1-18-21(19-8-5-4-6-9-19)13-14-23(22(18)10-7-15-32-2)27-17-26(30-34-27)20-11-12-24(25(29)16-20)28(31)33-3/h4-6,8-9,11-14,16-17H,7,10,15H2,1-3H3. The molecule has 0 aliphatic carbocycles. The molecule has 4 rings (SSSR count). The summed E-state index contributed by atoms with van der Waals surface area (Å²) in [6, 6.07) is 20.5. The molecule has 0 atom stereocenters. The molecule has 34 heavy (non-hydrogen) atoms. The van der Waals surface area contributed by atoms with Gasteiger partial charge in [-0.1, -0.05) is 53.7 Å². The number of nitrogens with zero attached hydrogens (tertiary/aromatic N) is 1. The maximum absolute atomic E-state index is 14.4. The van der Waals surface area contributed by atoms with Crippen LogP contribution in [0.25, 0.3) is 33.7 Å². The van der Waals surface area contributed by atoms with Gasteiger partial charge in [0.25, 0.3) is 0 Å². The first-order valence-corrected chi connectivity index (χ1v) is 11.1. The van der Waals surface area contributed by atoms with Crippen LogP contribution in [0, 0.1) is 12.7 Å². The molecule has 0 saturated carbocycles. The van der Waals surface area contributed by atoms with Crippen molar-refractivity contribution in [2.45, 2.75) is 19.8 Å². The average molecular weight is 460 g/mol. The summed E-state index contributed by atoms with van der Waals surface area (Å²) in [6.07, 6.45) is 1.68. The van der Waals surface area contributed by atoms with Gasteiger partial charge in [0, 0.05) is 30.9 Å². The zero-order valence-electron chi connectivity index (χ0n) is 19.4. The number of hydrogen-bond acceptors (Lipinski definition) is 5. The zero-order valence-corrected chi connectivity index (χ0v) is 19.4. The van der Waals surface area contributed by atoms with Gasteiger partial charge in [0.2, 0.25) is 0 Å². The molecule has 4 aromatic rings. The molecule has 1 heterocycles. The van der Waals surface area contributed by atoms with Gasteiger partial charge in [-0.05, 0) is 54.2 Å². The van der Waals surface area contributed by atoms with Crippen molar-refractivity contribution in [3.8, 4) is 33.7 Å². The van der Waals surface area contributed by atoms with Gasteiger partial charge in [-0.3, -0.25) is 0 Å². The minimum atomic E-state index is -0.723. The molecule has 1 aromatic heterocycles. The molecule has 6 heteroatoms. The van der Waals surface area contributed by atoms with Gasteiger partial charge >= 0.3 is 5.97 Å². The van der Waals surface area contributed by atoms with E-state index in [0.717, 1.165) is 35.1 Å². The Balaban J connectivity index is 1.72. The quantitative estimate of drug-likeness (QED) is 0.223. The molecule has 0 radical (unpaired) electrons. The minimum Gasteiger partial charge on any atom is -0.465 e. The van der Waals surface area contributed by atoms with E-state index in [1.165, 1.54) is 24.8 Å². The third-order valence-electron chi connectivity index (χ3n) is 5.90. The van der Waals surface area contributed by atoms with Gasteiger partial charge in [-0.2, -0.15) is 0 Å². The Morgan fingerprint density at radius 2 is 1.74 bits per heavy atom. The van der Waals surface area contributed by atoms with Crippen LogP contribution in [0.1, 0.15) is 27.9 Å². The van der Waals surface area contributed by atoms with E-state index in [1.54, 1.807) is 19.2 Å². The third-order valence-corrected chi connectivity index (χ3v) is 5.90. The summed E-state index contributed by atoms with van der Waals surface area (Å²) in [5, 5.41) is 4.16. The number of carbonyl (C=O) groups is 1. The monoisotopic (exact) mass is 459 g/mol. The molecule has 0 unspecified atom stereocenters. The van der Waals surface area contributed by atoms with E-state index in [2.05, 4.69) is 35.0 Å². The number of benzene rings is 3. The van der Waals surface area contributed by atoms with E-state index in [4.69, 9.17) is 9.26 Å². The molecule has 0 spiro atoms. The first-order chi connectivity index (χ1) is 16.5. The van der Waals surface area contributed by atoms with E-state index in [1.807, 2.05) is 24.3 Å². The number of aromatic nitrogens is 1. The molecule has 5 nitrogen and oxygen atoms in total. The topological polar surface area (TPSA) is 61.6 Å². The molecule has 0 N–H and O–H groups in total. The fraction of sp³-hybridized carbons (Fsp3) is 0.214. The highest BCUT2D eigenvalue weighted by Crippen LogP contribution is 2.35. The molecule has 3 aromatic carbocycles. The maximum atomic E-state index is 14.4. The summed E-state index contributed by atoms with van der Waals surface area (Å²) >= 11 is 0. The van der Waals surface area contributed by atoms with Crippen molar-refractivity contribution in [1.29, 1.82) is 0 Å². The Bertz CT molecular complexity index is 1300. The predicted molar refractivity (Wildman–Crippen MR) is 129 cm³/mol. The van der Waals surface area contributed by atoms with Crippen molar-refractivity contribution in [2.75, 3.05) is 20.8 Å². The van der Waals surface area contributed by atoms with E-state index >= 15 is 0 Å². The molecule has 0 aliphatic rings. The molecule has 0 fully saturated rings. The minimum absolute atomic E-state index is 0.123. The van der Waals surface area contributed by atoms with Crippen LogP contribution < -0.4 is 0 Å². The lowest BCUT2D eigenvalue weighted by Gasteiger charge is -2.15. The average Bonchev–Trinajstić information content (AvgIpc) is 3.35. The van der Waals surface area contributed by atoms with Crippen molar-refractivity contribution in [3.63, 3.8) is 0 Å². The number of ether oxygens (including phenoxy) is 2. The van der Waals surface area contributed by atoms with Crippen LogP contribution in [-0.4, -0.2) is 32.0 Å². The summed E-state index contributed by atoms with van der Waals surface area (Å²) in [6.45, 7) is 2.77. The number of carbonyl (C=O) groups excluding carboxylic acids is 1. The van der Waals surface area contributed by atoms with E-state index in [9.17, 15) is 9.18 Å². The number of rotatable bonds is 8. The van der Waals surface area contributed by atoms with Crippen molar-refractivity contribution in [2.24, 2.45) is 0 Å². The largest absolute Gasteiger partial charge is 0.465 e. The number of halogens is 1. The number of esters is 1. The fourth-order valence-corrected chi connectivity index (χ4v) is 4.12. The van der Waals surface area contributed by atoms with E-state index in [-0.39, 0.29) is 5.56 Å². The van der Waals surface area contributed by atoms with Crippen molar-refractivity contribution in [1.82, 2.24) is 5.16 Å². The molecule has 174 valence electrons. The highest BCUT2D eigenvalue weighted by molar-refractivity contribution is 5.90. The van der Waals surface area contributed by atoms with E-state index < -0.39 is 11.8 Å². The van der Waals surface area contributed by atoms with Crippen LogP contribution in [0.4, 0.5) is 4.39 Å². The first-order valence-electron chi connectivity index (χ1n) is 11.1. The molecule has 0 aliphatic heterocycles. The van der Waals surface area contributed by atoms with Crippen molar-refractivity contribution < 1.29 is 23.2 Å². The normalized spacial score (nSPS) is 10.9. The second-order valence-electron chi connectivity index (χ2n) is 7.99. The molecule has 0 amide bonds. The van der Waals surface area contributed by atoms with Crippen LogP contribution in [0.3, 0.4) is 0 Å². The second kappa shape index (κ2) is 10.4. The Kier molecular flexibility index (Phi) is 7.18. The van der Waals surface area contributed by atoms with Gasteiger partial charge in [0.05, 0.1) is 12.7 Å². The summed E-state index contributed by atoms with van der Waals surface area (Å²) in [7, 11) is 2.91. The Hall–Kier alpha value is -3.77. The second-order valence-corrected chi connectivity index (χ2v) is 7.99. The lowest BCUT2D eigenvalue weighted by molar-refractivity contribution is 0.0595. The van der Waals surface area contributed by atoms with Crippen molar-refractivity contribution in [3.05, 3.63) is 89.2 Å². The SMILES string of the molecule is COCCCc1c(-c2cc(-c3ccc(C(=O)OC)c(F)c3)no2)ccc(-c2ccccc2)c1C. The third kappa shape index (κ3) is 4.77. The summed E-state index contributed by atoms with van der Waals surface area (Å²) < 4.78 is 30.0. The van der Waals surface area contributed by atoms with E-state index in [0.29, 0.717) is 23.6 Å². The van der Waals surface area contributed by atoms with Gasteiger partial charge in [0.15, 0.2) is 5.76 Å². The first kappa shape index (κ1) is 23.4. The highest BCUT2D eigenvalue weighted by atomic mass is 19.1. The highest BCUT2D eigenvalue weighted by Gasteiger charge is 2.18. The smallest absolute Gasteiger partial charge is 0.340 e. The van der Waals surface area contributed by atoms with Crippen LogP contribution >= 0.6 is 0 Å². The zero-order chi connectivity index (χ0) is 24.1. The summed E-state index contributed by atoms with van der Waals surface area (Å²) in [5.41, 5.74) is 6.47. The molecule has 0 bridgehead atoms. The molecular weight excluding hydrogens is 433 g/mol. The summed E-state index contributed by atoms with van der Waals surface area (Å²) in [4.78, 5) is 11.7. The molecular formula is C28H26FNO4. The summed E-state index contributed by atoms with van der Waals surface area (Å²) in [5.74, 6) is -0.792. The van der Waals surface area contributed by atoms with Gasteiger partial charge < -0.3 is 14.0 Å². The fourth-order valence-electron chi connectivity index (χ4n) is 4.12. The lowest BCUT2D eigenvalue weighted by Crippen LogP contribution is -2.04. The predicted octanol–water partition coefficient (Wildman–Crippen LogP) is 6.49. The molecule has 0 saturated heterocycles. The maximum Gasteiger partial charge on any atom is 0.340 e. The van der Waals surface area contributed by atoms with Gasteiger partial charge in [0.1, 0.15) is 11.5 Å². The Morgan fingerprint density at radius 3 is 2.44 bits per heavy atom. The van der Waals surface area contributed by atoms with Crippen LogP contribution in [0.2, 0.25) is 0 Å².